The van der Waals surface area contributed by atoms with Gasteiger partial charge in [-0.2, -0.15) is 0 Å². The first-order valence-electron chi connectivity index (χ1n) is 4.29. The van der Waals surface area contributed by atoms with Gasteiger partial charge in [0.15, 0.2) is 6.10 Å². The van der Waals surface area contributed by atoms with Gasteiger partial charge < -0.3 is 20.3 Å². The number of carbonyl (C=O) groups is 1. The quantitative estimate of drug-likeness (QED) is 0.503. The van der Waals surface area contributed by atoms with Gasteiger partial charge >= 0.3 is 5.97 Å². The number of β-amino-alcohol motifs (C(OH)–C–C–N with tert-alkyl or cyclic N) is 1. The Morgan fingerprint density at radius 1 is 1.69 bits per heavy atom. The van der Waals surface area contributed by atoms with E-state index >= 15 is 0 Å². The summed E-state index contributed by atoms with van der Waals surface area (Å²) in [5.41, 5.74) is -0.802. The molecule has 0 aromatic carbocycles. The molecule has 0 saturated carbocycles. The maximum absolute atomic E-state index is 10.6. The van der Waals surface area contributed by atoms with Crippen molar-refractivity contribution in [3.05, 3.63) is 0 Å². The lowest BCUT2D eigenvalue weighted by Gasteiger charge is -2.28. The second-order valence-corrected chi connectivity index (χ2v) is 3.58. The summed E-state index contributed by atoms with van der Waals surface area (Å²) in [6.07, 6.45) is -0.347. The number of nitrogens with one attached hydrogen (secondary N) is 1. The van der Waals surface area contributed by atoms with Crippen LogP contribution in [0.5, 0.6) is 0 Å². The highest BCUT2D eigenvalue weighted by atomic mass is 16.5. The molecule has 2 atom stereocenters. The Morgan fingerprint density at radius 2 is 2.38 bits per heavy atom. The summed E-state index contributed by atoms with van der Waals surface area (Å²) in [5, 5.41) is 21.1. The molecule has 3 N–H and O–H groups in total. The van der Waals surface area contributed by atoms with E-state index in [-0.39, 0.29) is 13.2 Å². The Morgan fingerprint density at radius 3 is 3.00 bits per heavy atom. The first-order chi connectivity index (χ1) is 6.01. The van der Waals surface area contributed by atoms with Crippen LogP contribution in [0.4, 0.5) is 0 Å². The van der Waals surface area contributed by atoms with Gasteiger partial charge in [-0.1, -0.05) is 0 Å². The van der Waals surface area contributed by atoms with Crippen LogP contribution < -0.4 is 5.32 Å². The fourth-order valence-corrected chi connectivity index (χ4v) is 1.20. The maximum Gasteiger partial charge on any atom is 0.334 e. The van der Waals surface area contributed by atoms with Crippen molar-refractivity contribution in [2.24, 2.45) is 0 Å². The van der Waals surface area contributed by atoms with Crippen LogP contribution >= 0.6 is 0 Å². The van der Waals surface area contributed by atoms with E-state index in [9.17, 15) is 9.90 Å². The summed E-state index contributed by atoms with van der Waals surface area (Å²) in [7, 11) is 0. The molecule has 13 heavy (non-hydrogen) atoms. The summed E-state index contributed by atoms with van der Waals surface area (Å²) in [6.45, 7) is 2.63. The van der Waals surface area contributed by atoms with Crippen molar-refractivity contribution < 1.29 is 19.7 Å². The zero-order valence-corrected chi connectivity index (χ0v) is 7.62. The molecule has 0 aliphatic carbocycles. The van der Waals surface area contributed by atoms with Crippen LogP contribution in [0.25, 0.3) is 0 Å². The fourth-order valence-electron chi connectivity index (χ4n) is 1.20. The Kier molecular flexibility index (Phi) is 3.24. The molecule has 1 aliphatic heterocycles. The van der Waals surface area contributed by atoms with Gasteiger partial charge in [-0.25, -0.2) is 4.79 Å². The SMILES string of the molecule is CC1(O)CCOC(C(=O)O)CNC1. The molecule has 1 rings (SSSR count). The van der Waals surface area contributed by atoms with Crippen LogP contribution in [0.3, 0.4) is 0 Å². The third-order valence-electron chi connectivity index (χ3n) is 2.07. The van der Waals surface area contributed by atoms with Crippen molar-refractivity contribution in [1.29, 1.82) is 0 Å². The first kappa shape index (κ1) is 10.4. The number of hydrogen-bond acceptors (Lipinski definition) is 4. The third kappa shape index (κ3) is 3.30. The van der Waals surface area contributed by atoms with E-state index < -0.39 is 17.7 Å². The molecule has 76 valence electrons. The Hall–Kier alpha value is -0.650. The van der Waals surface area contributed by atoms with E-state index in [1.54, 1.807) is 6.92 Å². The van der Waals surface area contributed by atoms with E-state index in [1.165, 1.54) is 0 Å². The standard InChI is InChI=1S/C8H15NO4/c1-8(12)2-3-13-6(7(10)11)4-9-5-8/h6,9,12H,2-5H2,1H3,(H,10,11). The second kappa shape index (κ2) is 4.04. The summed E-state index contributed by atoms with van der Waals surface area (Å²) < 4.78 is 5.06. The highest BCUT2D eigenvalue weighted by Gasteiger charge is 2.26. The van der Waals surface area contributed by atoms with E-state index in [4.69, 9.17) is 9.84 Å². The smallest absolute Gasteiger partial charge is 0.334 e. The Balaban J connectivity index is 2.44. The number of aliphatic carboxylic acids is 1. The number of hydrogen-bond donors (Lipinski definition) is 3. The van der Waals surface area contributed by atoms with Crippen LogP contribution in [0, 0.1) is 0 Å². The monoisotopic (exact) mass is 189 g/mol. The largest absolute Gasteiger partial charge is 0.479 e. The molecule has 0 amide bonds. The average molecular weight is 189 g/mol. The third-order valence-corrected chi connectivity index (χ3v) is 2.07. The lowest BCUT2D eigenvalue weighted by Crippen LogP contribution is -2.47. The lowest BCUT2D eigenvalue weighted by molar-refractivity contribution is -0.152. The van der Waals surface area contributed by atoms with Gasteiger partial charge in [0.1, 0.15) is 0 Å². The fraction of sp³-hybridized carbons (Fsp3) is 0.875. The Labute approximate surface area is 76.7 Å². The minimum atomic E-state index is -0.964. The first-order valence-corrected chi connectivity index (χ1v) is 4.29. The van der Waals surface area contributed by atoms with Gasteiger partial charge in [0, 0.05) is 19.5 Å². The zero-order valence-electron chi connectivity index (χ0n) is 7.62. The average Bonchev–Trinajstić information content (AvgIpc) is 1.97. The number of aliphatic hydroxyl groups is 1. The highest BCUT2D eigenvalue weighted by molar-refractivity contribution is 5.72. The highest BCUT2D eigenvalue weighted by Crippen LogP contribution is 2.11. The number of carboxylic acids is 1. The van der Waals surface area contributed by atoms with Gasteiger partial charge in [-0.3, -0.25) is 0 Å². The molecule has 0 spiro atoms. The van der Waals surface area contributed by atoms with Crippen molar-refractivity contribution in [2.45, 2.75) is 25.0 Å². The van der Waals surface area contributed by atoms with E-state index in [0.717, 1.165) is 0 Å². The van der Waals surface area contributed by atoms with Gasteiger partial charge in [-0.05, 0) is 6.92 Å². The van der Waals surface area contributed by atoms with Crippen LogP contribution in [0.15, 0.2) is 0 Å². The van der Waals surface area contributed by atoms with Crippen LogP contribution in [-0.2, 0) is 9.53 Å². The minimum absolute atomic E-state index is 0.242. The molecule has 0 radical (unpaired) electrons. The number of carboxylic acid groups (broad SMARTS) is 1. The molecule has 0 bridgehead atoms. The molecule has 5 heteroatoms. The maximum atomic E-state index is 10.6. The van der Waals surface area contributed by atoms with Gasteiger partial charge in [-0.15, -0.1) is 0 Å². The van der Waals surface area contributed by atoms with Gasteiger partial charge in [0.25, 0.3) is 0 Å². The van der Waals surface area contributed by atoms with E-state index in [1.807, 2.05) is 0 Å². The molecule has 0 aromatic rings. The molecular weight excluding hydrogens is 174 g/mol. The normalized spacial score (nSPS) is 36.3. The number of rotatable bonds is 1. The van der Waals surface area contributed by atoms with Crippen LogP contribution in [-0.4, -0.2) is 47.6 Å². The predicted molar refractivity (Wildman–Crippen MR) is 45.5 cm³/mol. The van der Waals surface area contributed by atoms with Crippen molar-refractivity contribution >= 4 is 5.97 Å². The molecule has 1 saturated heterocycles. The summed E-state index contributed by atoms with van der Waals surface area (Å²) >= 11 is 0. The molecule has 0 aromatic heterocycles. The molecule has 5 nitrogen and oxygen atoms in total. The van der Waals surface area contributed by atoms with Crippen LogP contribution in [0.2, 0.25) is 0 Å². The van der Waals surface area contributed by atoms with Crippen molar-refractivity contribution in [3.63, 3.8) is 0 Å². The lowest BCUT2D eigenvalue weighted by atomic mass is 10.0. The van der Waals surface area contributed by atoms with Gasteiger partial charge in [0.05, 0.1) is 12.2 Å². The van der Waals surface area contributed by atoms with Crippen molar-refractivity contribution in [1.82, 2.24) is 5.32 Å². The van der Waals surface area contributed by atoms with E-state index in [0.29, 0.717) is 13.0 Å². The van der Waals surface area contributed by atoms with Crippen molar-refractivity contribution in [2.75, 3.05) is 19.7 Å². The van der Waals surface area contributed by atoms with Gasteiger partial charge in [0.2, 0.25) is 0 Å². The van der Waals surface area contributed by atoms with E-state index in [2.05, 4.69) is 5.32 Å². The van der Waals surface area contributed by atoms with Crippen LogP contribution in [0.1, 0.15) is 13.3 Å². The second-order valence-electron chi connectivity index (χ2n) is 3.58. The Bertz CT molecular complexity index is 181. The molecular formula is C8H15NO4. The molecule has 1 aliphatic rings. The summed E-state index contributed by atoms with van der Waals surface area (Å²) in [6, 6.07) is 0. The predicted octanol–water partition coefficient (Wildman–Crippen LogP) is -0.799. The molecule has 1 heterocycles. The molecule has 1 fully saturated rings. The minimum Gasteiger partial charge on any atom is -0.479 e. The zero-order chi connectivity index (χ0) is 9.90. The summed E-state index contributed by atoms with van der Waals surface area (Å²) in [5.74, 6) is -0.964. The number of ether oxygens (including phenoxy) is 1. The topological polar surface area (TPSA) is 78.8 Å². The summed E-state index contributed by atoms with van der Waals surface area (Å²) in [4.78, 5) is 10.6. The van der Waals surface area contributed by atoms with Crippen molar-refractivity contribution in [3.8, 4) is 0 Å². The molecule has 2 unspecified atom stereocenters.